The first-order valence-corrected chi connectivity index (χ1v) is 11.8. The molecule has 3 heterocycles. The molecule has 3 aliphatic heterocycles. The second kappa shape index (κ2) is 10.1. The normalized spacial score (nSPS) is 27.2. The van der Waals surface area contributed by atoms with Crippen molar-refractivity contribution >= 4 is 22.8 Å². The number of likely N-dealkylation sites (tertiary alicyclic amines) is 1. The molecule has 0 saturated carbocycles. The van der Waals surface area contributed by atoms with Gasteiger partial charge in [-0.25, -0.2) is 0 Å². The number of carbonyl (C=O) groups is 1. The third kappa shape index (κ3) is 6.38. The number of hydrogen-bond donors (Lipinski definition) is 2. The van der Waals surface area contributed by atoms with Gasteiger partial charge < -0.3 is 15.2 Å². The lowest BCUT2D eigenvalue weighted by atomic mass is 9.95. The summed E-state index contributed by atoms with van der Waals surface area (Å²) in [6, 6.07) is 1.27. The van der Waals surface area contributed by atoms with Crippen molar-refractivity contribution in [2.75, 3.05) is 26.3 Å². The zero-order valence-corrected chi connectivity index (χ0v) is 19.1. The molecule has 3 aliphatic rings. The van der Waals surface area contributed by atoms with Gasteiger partial charge in [-0.3, -0.25) is 14.7 Å². The van der Waals surface area contributed by atoms with E-state index in [4.69, 9.17) is 4.74 Å². The van der Waals surface area contributed by atoms with Crippen molar-refractivity contribution in [2.24, 2.45) is 10.9 Å². The van der Waals surface area contributed by atoms with E-state index in [0.717, 1.165) is 17.8 Å². The van der Waals surface area contributed by atoms with E-state index in [9.17, 15) is 36.2 Å². The Kier molecular flexibility index (Phi) is 7.51. The van der Waals surface area contributed by atoms with Crippen LogP contribution in [0.15, 0.2) is 34.2 Å². The highest BCUT2D eigenvalue weighted by atomic mass is 32.2. The third-order valence-electron chi connectivity index (χ3n) is 6.13. The van der Waals surface area contributed by atoms with Gasteiger partial charge in [-0.15, -0.1) is 0 Å². The number of aliphatic hydroxyl groups excluding tert-OH is 1. The molecule has 2 atom stereocenters. The molecule has 0 radical (unpaired) electrons. The minimum atomic E-state index is -4.90. The fourth-order valence-electron chi connectivity index (χ4n) is 4.25. The van der Waals surface area contributed by atoms with Crippen molar-refractivity contribution in [3.8, 4) is 0 Å². The Hall–Kier alpha value is -2.09. The summed E-state index contributed by atoms with van der Waals surface area (Å²) in [6.07, 6.45) is -7.40. The highest BCUT2D eigenvalue weighted by molar-refractivity contribution is 8.18. The molecule has 3 fully saturated rings. The summed E-state index contributed by atoms with van der Waals surface area (Å²) < 4.78 is 84.2. The Morgan fingerprint density at radius 2 is 1.86 bits per heavy atom. The van der Waals surface area contributed by atoms with Crippen LogP contribution in [0.3, 0.4) is 0 Å². The van der Waals surface area contributed by atoms with Crippen molar-refractivity contribution in [3.05, 3.63) is 45.9 Å². The van der Waals surface area contributed by atoms with Gasteiger partial charge >= 0.3 is 12.4 Å². The minimum absolute atomic E-state index is 0.0473. The van der Waals surface area contributed by atoms with Crippen LogP contribution in [0, 0.1) is 5.92 Å². The smallest absolute Gasteiger partial charge is 0.388 e. The van der Waals surface area contributed by atoms with Crippen molar-refractivity contribution in [1.82, 2.24) is 10.2 Å². The van der Waals surface area contributed by atoms with Gasteiger partial charge in [0.1, 0.15) is 18.0 Å². The van der Waals surface area contributed by atoms with Gasteiger partial charge in [0.2, 0.25) is 0 Å². The Labute approximate surface area is 201 Å². The number of piperidine rings is 1. The van der Waals surface area contributed by atoms with E-state index in [0.29, 0.717) is 42.7 Å². The minimum Gasteiger partial charge on any atom is -0.388 e. The van der Waals surface area contributed by atoms with Crippen LogP contribution in [0.4, 0.5) is 31.1 Å². The third-order valence-corrected chi connectivity index (χ3v) is 6.97. The molecule has 0 aliphatic carbocycles. The number of ether oxygens (including phenoxy) is 1. The summed E-state index contributed by atoms with van der Waals surface area (Å²) in [5.41, 5.74) is -2.80. The average Bonchev–Trinajstić information content (AvgIpc) is 3.33. The quantitative estimate of drug-likeness (QED) is 0.572. The molecule has 0 aromatic heterocycles. The number of aliphatic hydroxyl groups is 1. The maximum Gasteiger partial charge on any atom is 0.416 e. The van der Waals surface area contributed by atoms with Gasteiger partial charge in [0.15, 0.2) is 0 Å². The highest BCUT2D eigenvalue weighted by Gasteiger charge is 2.38. The molecule has 1 aromatic carbocycles. The molecular formula is C22H23F6N3O3S. The number of hydrogen-bond acceptors (Lipinski definition) is 6. The van der Waals surface area contributed by atoms with Gasteiger partial charge in [0.05, 0.1) is 29.2 Å². The van der Waals surface area contributed by atoms with Crippen LogP contribution in [0.1, 0.15) is 29.5 Å². The number of amides is 1. The van der Waals surface area contributed by atoms with Crippen LogP contribution in [0.2, 0.25) is 0 Å². The lowest BCUT2D eigenvalue weighted by molar-refractivity contribution is -0.143. The number of halogens is 6. The second-order valence-electron chi connectivity index (χ2n) is 8.68. The fourth-order valence-corrected chi connectivity index (χ4v) is 5.06. The van der Waals surface area contributed by atoms with Crippen LogP contribution in [0.5, 0.6) is 0 Å². The topological polar surface area (TPSA) is 74.2 Å². The summed E-state index contributed by atoms with van der Waals surface area (Å²) in [6.45, 7) is 1.20. The molecule has 4 rings (SSSR count). The molecule has 6 nitrogen and oxygen atoms in total. The lowest BCUT2D eigenvalue weighted by Crippen LogP contribution is -2.33. The molecule has 13 heteroatoms. The molecule has 2 N–H and O–H groups in total. The summed E-state index contributed by atoms with van der Waals surface area (Å²) in [4.78, 5) is 18.7. The maximum absolute atomic E-state index is 13.4. The number of nitrogens with one attached hydrogen (secondary N) is 1. The molecule has 0 bridgehead atoms. The number of allylic oxidation sites excluding steroid dienone is 1. The largest absolute Gasteiger partial charge is 0.416 e. The number of rotatable bonds is 4. The summed E-state index contributed by atoms with van der Waals surface area (Å²) in [7, 11) is 0. The van der Waals surface area contributed by atoms with Gasteiger partial charge in [0.25, 0.3) is 5.24 Å². The van der Waals surface area contributed by atoms with E-state index in [1.807, 2.05) is 6.08 Å². The van der Waals surface area contributed by atoms with Gasteiger partial charge in [-0.05, 0) is 61.3 Å². The van der Waals surface area contributed by atoms with E-state index in [1.165, 1.54) is 0 Å². The maximum atomic E-state index is 13.4. The van der Waals surface area contributed by atoms with Gasteiger partial charge in [0, 0.05) is 6.54 Å². The van der Waals surface area contributed by atoms with E-state index >= 15 is 0 Å². The van der Waals surface area contributed by atoms with E-state index in [1.54, 1.807) is 4.90 Å². The molecule has 1 aromatic rings. The van der Waals surface area contributed by atoms with Crippen LogP contribution in [0.25, 0.3) is 0 Å². The van der Waals surface area contributed by atoms with E-state index in [2.05, 4.69) is 10.3 Å². The van der Waals surface area contributed by atoms with Crippen molar-refractivity contribution in [1.29, 1.82) is 0 Å². The number of carbonyl (C=O) groups excluding carboxylic acids is 1. The first-order valence-electron chi connectivity index (χ1n) is 10.9. The number of nitrogens with zero attached hydrogens (tertiary/aromatic N) is 2. The molecule has 2 unspecified atom stereocenters. The van der Waals surface area contributed by atoms with E-state index in [-0.39, 0.29) is 42.5 Å². The van der Waals surface area contributed by atoms with Crippen molar-refractivity contribution in [2.45, 2.75) is 43.9 Å². The number of alkyl halides is 6. The molecule has 3 saturated heterocycles. The Morgan fingerprint density at radius 3 is 2.46 bits per heavy atom. The van der Waals surface area contributed by atoms with Gasteiger partial charge in [-0.2, -0.15) is 26.3 Å². The summed E-state index contributed by atoms with van der Waals surface area (Å²) in [5.74, 6) is 0.419. The van der Waals surface area contributed by atoms with Gasteiger partial charge in [-0.1, -0.05) is 12.1 Å². The lowest BCUT2D eigenvalue weighted by Gasteiger charge is -2.31. The van der Waals surface area contributed by atoms with Crippen LogP contribution >= 0.6 is 11.8 Å². The number of thioether (sulfide) groups is 1. The number of aliphatic imine (C=N–C) groups is 1. The Morgan fingerprint density at radius 1 is 1.14 bits per heavy atom. The van der Waals surface area contributed by atoms with Crippen molar-refractivity contribution < 1.29 is 41.0 Å². The zero-order valence-electron chi connectivity index (χ0n) is 18.3. The second-order valence-corrected chi connectivity index (χ2v) is 9.69. The number of amidine groups is 1. The summed E-state index contributed by atoms with van der Waals surface area (Å²) in [5, 5.41) is 12.3. The van der Waals surface area contributed by atoms with E-state index < -0.39 is 35.6 Å². The average molecular weight is 523 g/mol. The monoisotopic (exact) mass is 523 g/mol. The predicted octanol–water partition coefficient (Wildman–Crippen LogP) is 4.43. The zero-order chi connectivity index (χ0) is 25.4. The first-order chi connectivity index (χ1) is 16.4. The van der Waals surface area contributed by atoms with Crippen LogP contribution < -0.4 is 5.32 Å². The standard InChI is InChI=1S/C22H23F6N3O3S/c23-21(24,25)14-2-1-13(15(8-14)22(26,27)28)9-31-5-3-12(4-6-31)7-18-19(30-20(33)35-18)29-16-10-34-11-17(16)32/h1-2,7-8,12,16-17,32H,3-6,9-11H2,(H,29,30,33)/b18-7-. The summed E-state index contributed by atoms with van der Waals surface area (Å²) >= 11 is 0.991. The van der Waals surface area contributed by atoms with Crippen LogP contribution in [-0.2, 0) is 23.6 Å². The number of benzene rings is 1. The Balaban J connectivity index is 1.41. The Bertz CT molecular complexity index is 1020. The molecule has 35 heavy (non-hydrogen) atoms. The van der Waals surface area contributed by atoms with Crippen molar-refractivity contribution in [3.63, 3.8) is 0 Å². The first kappa shape index (κ1) is 26.0. The molecule has 0 spiro atoms. The fraction of sp³-hybridized carbons (Fsp3) is 0.545. The molecule has 192 valence electrons. The molecular weight excluding hydrogens is 500 g/mol. The van der Waals surface area contributed by atoms with Crippen LogP contribution in [-0.4, -0.2) is 59.5 Å². The SMILES string of the molecule is O=C1NC(=NC2COCC2O)/C(=C/C2CCN(Cc3ccc(C(F)(F)F)cc3C(F)(F)F)CC2)S1. The highest BCUT2D eigenvalue weighted by Crippen LogP contribution is 2.38. The molecule has 1 amide bonds. The predicted molar refractivity (Wildman–Crippen MR) is 117 cm³/mol.